The van der Waals surface area contributed by atoms with Crippen LogP contribution in [0.3, 0.4) is 0 Å². The number of nitrogens with zero attached hydrogens (tertiary/aromatic N) is 1. The van der Waals surface area contributed by atoms with Crippen molar-refractivity contribution < 1.29 is 131 Å². The Morgan fingerprint density at radius 1 is 1.06 bits per heavy atom. The summed E-state index contributed by atoms with van der Waals surface area (Å²) in [4.78, 5) is 11.1. The second-order valence-corrected chi connectivity index (χ2v) is 7.79. The molecule has 0 bridgehead atoms. The largest absolute Gasteiger partial charge is 1.00 e. The van der Waals surface area contributed by atoms with Gasteiger partial charge in [-0.15, -0.1) is 0 Å². The molecule has 2 aliphatic rings. The van der Waals surface area contributed by atoms with E-state index in [1.54, 1.807) is 0 Å². The molecule has 0 aliphatic carbocycles. The molecular formula is C15H23NNa2O15S. The van der Waals surface area contributed by atoms with E-state index in [0.29, 0.717) is 0 Å². The predicted octanol–water partition coefficient (Wildman–Crippen LogP) is -11.4. The fourth-order valence-corrected chi connectivity index (χ4v) is 3.43. The number of aliphatic carboxylic acids is 1. The van der Waals surface area contributed by atoms with Gasteiger partial charge in [0.1, 0.15) is 36.6 Å². The number of hydrogen-bond donors (Lipinski definition) is 5. The number of rotatable bonds is 7. The minimum absolute atomic E-state index is 0. The van der Waals surface area contributed by atoms with Crippen LogP contribution >= 0.6 is 0 Å². The van der Waals surface area contributed by atoms with Crippen molar-refractivity contribution in [2.75, 3.05) is 13.7 Å². The Morgan fingerprint density at radius 3 is 2.03 bits per heavy atom. The maximum Gasteiger partial charge on any atom is 1.00 e. The molecule has 2 heterocycles. The number of aliphatic hydroxyl groups is 5. The SMILES string of the molecule is CO[C@H]1OC(COS(=O)(=O)[O-])[C@@H](O)[C@H](O[C@@H]2OC(C(=O)[O-])[C@@H](O)[C@H](O)C2O)C1C.N#CO.[Na+].[Na+]. The first-order valence-corrected chi connectivity index (χ1v) is 10.2. The van der Waals surface area contributed by atoms with Crippen LogP contribution in [0.15, 0.2) is 0 Å². The van der Waals surface area contributed by atoms with Crippen molar-refractivity contribution in [1.29, 1.82) is 5.26 Å². The van der Waals surface area contributed by atoms with Crippen molar-refractivity contribution in [2.24, 2.45) is 5.92 Å². The molecule has 2 fully saturated rings. The van der Waals surface area contributed by atoms with Crippen LogP contribution in [0.4, 0.5) is 0 Å². The van der Waals surface area contributed by atoms with Gasteiger partial charge < -0.3 is 58.9 Å². The second kappa shape index (κ2) is 16.2. The number of carbonyl (C=O) groups is 1. The maximum atomic E-state index is 11.1. The van der Waals surface area contributed by atoms with Crippen molar-refractivity contribution in [3.63, 3.8) is 0 Å². The van der Waals surface area contributed by atoms with Gasteiger partial charge in [-0.25, -0.2) is 8.42 Å². The first-order chi connectivity index (χ1) is 14.8. The first kappa shape index (κ1) is 36.5. The summed E-state index contributed by atoms with van der Waals surface area (Å²) < 4.78 is 56.8. The molecule has 0 aromatic heterocycles. The van der Waals surface area contributed by atoms with Gasteiger partial charge in [-0.05, 0) is 0 Å². The molecule has 2 rings (SSSR count). The van der Waals surface area contributed by atoms with Gasteiger partial charge in [0.25, 0.3) is 6.26 Å². The molecule has 19 heteroatoms. The molecule has 0 aromatic carbocycles. The summed E-state index contributed by atoms with van der Waals surface area (Å²) in [6.45, 7) is 0.608. The average molecular weight is 535 g/mol. The Morgan fingerprint density at radius 2 is 1.59 bits per heavy atom. The second-order valence-electron chi connectivity index (χ2n) is 6.74. The topological polar surface area (TPSA) is 268 Å². The maximum absolute atomic E-state index is 11.1. The van der Waals surface area contributed by atoms with E-state index in [1.165, 1.54) is 14.0 Å². The summed E-state index contributed by atoms with van der Waals surface area (Å²) in [5.74, 6) is -2.66. The van der Waals surface area contributed by atoms with E-state index in [1.807, 2.05) is 0 Å². The van der Waals surface area contributed by atoms with E-state index in [2.05, 4.69) is 4.18 Å². The molecule has 0 radical (unpaired) electrons. The third kappa shape index (κ3) is 9.99. The zero-order valence-electron chi connectivity index (χ0n) is 18.7. The van der Waals surface area contributed by atoms with E-state index in [9.17, 15) is 43.3 Å². The van der Waals surface area contributed by atoms with Gasteiger partial charge in [0, 0.05) is 13.0 Å². The van der Waals surface area contributed by atoms with E-state index >= 15 is 0 Å². The molecule has 16 nitrogen and oxygen atoms in total. The molecule has 2 saturated heterocycles. The number of aliphatic hydroxyl groups excluding tert-OH is 5. The summed E-state index contributed by atoms with van der Waals surface area (Å²) in [5, 5.41) is 64.8. The molecule has 0 spiro atoms. The zero-order chi connectivity index (χ0) is 24.8. The van der Waals surface area contributed by atoms with Crippen molar-refractivity contribution in [2.45, 2.75) is 62.2 Å². The standard InChI is InChI=1S/C14H24O14S.CHNO.2Na/c1-4-10(6(15)5(26-13(4)24-2)3-25-29(21,22)23)27-14-9(18)7(16)8(17)11(28-14)12(19)20;2-1-3;;/h4-11,13-18H,3H2,1-2H3,(H,19,20)(H,21,22,23);3H;;/q;;2*+1/p-2/t4?,5?,6-,7+,8+,9?,10-,11?,13+,14-;;;/m1.../s1. The Hall–Kier alpha value is 0.310. The Bertz CT molecular complexity index is 767. The number of nitriles is 1. The molecule has 2 aliphatic heterocycles. The Balaban J connectivity index is 0. The smallest absolute Gasteiger partial charge is 0.726 e. The molecule has 34 heavy (non-hydrogen) atoms. The molecule has 10 atom stereocenters. The minimum Gasteiger partial charge on any atom is -0.726 e. The fraction of sp³-hybridized carbons (Fsp3) is 0.867. The summed E-state index contributed by atoms with van der Waals surface area (Å²) >= 11 is 0. The van der Waals surface area contributed by atoms with Gasteiger partial charge in [0.2, 0.25) is 10.4 Å². The van der Waals surface area contributed by atoms with Crippen LogP contribution in [-0.4, -0.2) is 113 Å². The van der Waals surface area contributed by atoms with Gasteiger partial charge >= 0.3 is 59.1 Å². The number of carboxylic acid groups (broad SMARTS) is 1. The summed E-state index contributed by atoms with van der Waals surface area (Å²) in [7, 11) is -3.86. The van der Waals surface area contributed by atoms with Gasteiger partial charge in [0.05, 0.1) is 18.7 Å². The molecule has 4 unspecified atom stereocenters. The van der Waals surface area contributed by atoms with E-state index in [0.717, 1.165) is 6.26 Å². The van der Waals surface area contributed by atoms with Crippen molar-refractivity contribution in [1.82, 2.24) is 0 Å². The molecule has 5 N–H and O–H groups in total. The third-order valence-electron chi connectivity index (χ3n) is 4.68. The van der Waals surface area contributed by atoms with Gasteiger partial charge in [-0.1, -0.05) is 6.92 Å². The van der Waals surface area contributed by atoms with Crippen LogP contribution in [0.25, 0.3) is 0 Å². The Labute approximate surface area is 238 Å². The van der Waals surface area contributed by atoms with E-state index in [4.69, 9.17) is 29.3 Å². The normalized spacial score (nSPS) is 37.6. The summed E-state index contributed by atoms with van der Waals surface area (Å²) in [6.07, 6.45) is -14.4. The number of carbonyl (C=O) groups excluding carboxylic acids is 1. The fourth-order valence-electron chi connectivity index (χ4n) is 3.13. The van der Waals surface area contributed by atoms with Gasteiger partial charge in [0.15, 0.2) is 12.6 Å². The molecule has 0 aromatic rings. The van der Waals surface area contributed by atoms with Crippen molar-refractivity contribution >= 4 is 16.4 Å². The monoisotopic (exact) mass is 535 g/mol. The number of hydrogen-bond acceptors (Lipinski definition) is 16. The molecule has 186 valence electrons. The van der Waals surface area contributed by atoms with Crippen molar-refractivity contribution in [3.8, 4) is 6.26 Å². The van der Waals surface area contributed by atoms with E-state index < -0.39 is 84.2 Å². The van der Waals surface area contributed by atoms with Crippen LogP contribution in [0.2, 0.25) is 0 Å². The Kier molecular flexibility index (Phi) is 17.4. The third-order valence-corrected chi connectivity index (χ3v) is 5.10. The van der Waals surface area contributed by atoms with Crippen LogP contribution in [0.5, 0.6) is 0 Å². The predicted molar refractivity (Wildman–Crippen MR) is 90.6 cm³/mol. The average Bonchev–Trinajstić information content (AvgIpc) is 2.70. The number of ether oxygens (including phenoxy) is 4. The number of carboxylic acids is 1. The zero-order valence-corrected chi connectivity index (χ0v) is 23.5. The first-order valence-electron chi connectivity index (χ1n) is 8.84. The van der Waals surface area contributed by atoms with Crippen LogP contribution in [-0.2, 0) is 38.3 Å². The minimum atomic E-state index is -5.09. The number of methoxy groups -OCH3 is 1. The molecule has 0 saturated carbocycles. The summed E-state index contributed by atoms with van der Waals surface area (Å²) in [6, 6.07) is 0. The van der Waals surface area contributed by atoms with Gasteiger partial charge in [-0.3, -0.25) is 4.18 Å². The summed E-state index contributed by atoms with van der Waals surface area (Å²) in [5.41, 5.74) is 0. The molecule has 0 amide bonds. The molecular weight excluding hydrogens is 512 g/mol. The van der Waals surface area contributed by atoms with Crippen LogP contribution in [0.1, 0.15) is 6.92 Å². The van der Waals surface area contributed by atoms with E-state index in [-0.39, 0.29) is 59.1 Å². The van der Waals surface area contributed by atoms with Crippen LogP contribution in [0, 0.1) is 17.4 Å². The van der Waals surface area contributed by atoms with Gasteiger partial charge in [-0.2, -0.15) is 5.26 Å². The van der Waals surface area contributed by atoms with Crippen LogP contribution < -0.4 is 64.2 Å². The quantitative estimate of drug-likeness (QED) is 0.0876. The van der Waals surface area contributed by atoms with Crippen molar-refractivity contribution in [3.05, 3.63) is 0 Å².